The van der Waals surface area contributed by atoms with E-state index in [1.807, 2.05) is 17.0 Å². The molecule has 1 aromatic carbocycles. The number of methoxy groups -OCH3 is 1. The molecular formula is C26H40N4O3. The molecule has 0 aromatic heterocycles. The number of benzene rings is 1. The average Bonchev–Trinajstić information content (AvgIpc) is 3.15. The lowest BCUT2D eigenvalue weighted by Gasteiger charge is -2.37. The highest BCUT2D eigenvalue weighted by atomic mass is 16.5. The molecule has 0 N–H and O–H groups in total. The summed E-state index contributed by atoms with van der Waals surface area (Å²) in [5, 5.41) is 0. The van der Waals surface area contributed by atoms with Gasteiger partial charge in [-0.1, -0.05) is 25.0 Å². The van der Waals surface area contributed by atoms with Crippen molar-refractivity contribution in [2.45, 2.75) is 45.1 Å². The second-order valence-corrected chi connectivity index (χ2v) is 9.79. The van der Waals surface area contributed by atoms with Gasteiger partial charge in [0.25, 0.3) is 0 Å². The number of amides is 2. The van der Waals surface area contributed by atoms with Crippen molar-refractivity contribution in [1.82, 2.24) is 19.6 Å². The van der Waals surface area contributed by atoms with Crippen LogP contribution >= 0.6 is 0 Å². The topological polar surface area (TPSA) is 56.3 Å². The van der Waals surface area contributed by atoms with Crippen molar-refractivity contribution < 1.29 is 14.3 Å². The monoisotopic (exact) mass is 456 g/mol. The number of ether oxygens (including phenoxy) is 1. The zero-order valence-corrected chi connectivity index (χ0v) is 20.2. The first-order valence-electron chi connectivity index (χ1n) is 12.8. The van der Waals surface area contributed by atoms with Crippen molar-refractivity contribution >= 4 is 11.8 Å². The van der Waals surface area contributed by atoms with Gasteiger partial charge in [0, 0.05) is 51.7 Å². The molecule has 33 heavy (non-hydrogen) atoms. The maximum Gasteiger partial charge on any atom is 0.236 e. The smallest absolute Gasteiger partial charge is 0.236 e. The summed E-state index contributed by atoms with van der Waals surface area (Å²) in [6.45, 7) is 8.37. The Kier molecular flexibility index (Phi) is 8.62. The number of likely N-dealkylation sites (tertiary alicyclic amines) is 2. The second-order valence-electron chi connectivity index (χ2n) is 9.79. The molecule has 3 saturated heterocycles. The van der Waals surface area contributed by atoms with E-state index in [0.29, 0.717) is 12.5 Å². The molecule has 182 valence electrons. The first kappa shape index (κ1) is 24.0. The molecule has 3 fully saturated rings. The van der Waals surface area contributed by atoms with E-state index in [-0.39, 0.29) is 11.8 Å². The summed E-state index contributed by atoms with van der Waals surface area (Å²) >= 11 is 0. The molecule has 0 radical (unpaired) electrons. The van der Waals surface area contributed by atoms with Crippen LogP contribution in [0.2, 0.25) is 0 Å². The summed E-state index contributed by atoms with van der Waals surface area (Å²) in [7, 11) is 1.68. The van der Waals surface area contributed by atoms with Gasteiger partial charge in [-0.2, -0.15) is 0 Å². The van der Waals surface area contributed by atoms with Crippen LogP contribution in [0.15, 0.2) is 24.3 Å². The lowest BCUT2D eigenvalue weighted by molar-refractivity contribution is -0.137. The third-order valence-electron chi connectivity index (χ3n) is 7.50. The van der Waals surface area contributed by atoms with E-state index in [2.05, 4.69) is 26.8 Å². The summed E-state index contributed by atoms with van der Waals surface area (Å²) in [6, 6.07) is 8.22. The zero-order valence-electron chi connectivity index (χ0n) is 20.2. The number of hydrogen-bond donors (Lipinski definition) is 0. The standard InChI is InChI=1S/C26H40N4O3/c1-33-24-8-6-22(7-9-24)20-28-16-18-29(19-17-28)25(31)21-27-14-10-23(11-15-27)26(32)30-12-4-2-3-5-13-30/h6-9,23H,2-5,10-21H2,1H3. The van der Waals surface area contributed by atoms with Gasteiger partial charge in [0.15, 0.2) is 0 Å². The number of rotatable bonds is 6. The van der Waals surface area contributed by atoms with Crippen LogP contribution in [-0.4, -0.2) is 97.4 Å². The maximum atomic E-state index is 12.9. The minimum Gasteiger partial charge on any atom is -0.497 e. The Morgan fingerprint density at radius 3 is 2.03 bits per heavy atom. The van der Waals surface area contributed by atoms with Gasteiger partial charge >= 0.3 is 0 Å². The number of piperazine rings is 1. The quantitative estimate of drug-likeness (QED) is 0.658. The van der Waals surface area contributed by atoms with Crippen LogP contribution in [0.3, 0.4) is 0 Å². The van der Waals surface area contributed by atoms with E-state index < -0.39 is 0 Å². The minimum atomic E-state index is 0.149. The van der Waals surface area contributed by atoms with Gasteiger partial charge in [-0.05, 0) is 56.5 Å². The molecule has 3 aliphatic heterocycles. The van der Waals surface area contributed by atoms with Crippen molar-refractivity contribution in [3.05, 3.63) is 29.8 Å². The highest BCUT2D eigenvalue weighted by molar-refractivity contribution is 5.79. The van der Waals surface area contributed by atoms with Crippen molar-refractivity contribution in [3.8, 4) is 5.75 Å². The van der Waals surface area contributed by atoms with E-state index in [1.54, 1.807) is 7.11 Å². The van der Waals surface area contributed by atoms with Gasteiger partial charge in [0.1, 0.15) is 5.75 Å². The van der Waals surface area contributed by atoms with E-state index in [1.165, 1.54) is 18.4 Å². The second kappa shape index (κ2) is 11.8. The third-order valence-corrected chi connectivity index (χ3v) is 7.50. The Morgan fingerprint density at radius 1 is 0.788 bits per heavy atom. The molecule has 0 saturated carbocycles. The lowest BCUT2D eigenvalue weighted by Crippen LogP contribution is -2.52. The van der Waals surface area contributed by atoms with E-state index in [0.717, 1.165) is 90.3 Å². The van der Waals surface area contributed by atoms with Gasteiger partial charge < -0.3 is 14.5 Å². The number of carbonyl (C=O) groups excluding carboxylic acids is 2. The zero-order chi connectivity index (χ0) is 23.0. The molecule has 7 heteroatoms. The van der Waals surface area contributed by atoms with Crippen LogP contribution in [0.5, 0.6) is 5.75 Å². The van der Waals surface area contributed by atoms with Crippen LogP contribution in [0, 0.1) is 5.92 Å². The fourth-order valence-electron chi connectivity index (χ4n) is 5.32. The highest BCUT2D eigenvalue weighted by Crippen LogP contribution is 2.22. The van der Waals surface area contributed by atoms with Crippen LogP contribution in [0.4, 0.5) is 0 Å². The van der Waals surface area contributed by atoms with Gasteiger partial charge in [0.2, 0.25) is 11.8 Å². The molecule has 3 aliphatic rings. The van der Waals surface area contributed by atoms with Gasteiger partial charge in [-0.25, -0.2) is 0 Å². The SMILES string of the molecule is COc1ccc(CN2CCN(C(=O)CN3CCC(C(=O)N4CCCCCC4)CC3)CC2)cc1. The molecule has 4 rings (SSSR count). The summed E-state index contributed by atoms with van der Waals surface area (Å²) in [4.78, 5) is 34.5. The fraction of sp³-hybridized carbons (Fsp3) is 0.692. The average molecular weight is 457 g/mol. The van der Waals surface area contributed by atoms with E-state index in [9.17, 15) is 9.59 Å². The van der Waals surface area contributed by atoms with Crippen molar-refractivity contribution in [2.24, 2.45) is 5.92 Å². The molecule has 0 atom stereocenters. The summed E-state index contributed by atoms with van der Waals surface area (Å²) < 4.78 is 5.23. The molecule has 3 heterocycles. The Balaban J connectivity index is 1.16. The Labute approximate surface area is 198 Å². The Bertz CT molecular complexity index is 760. The maximum absolute atomic E-state index is 12.9. The number of carbonyl (C=O) groups is 2. The van der Waals surface area contributed by atoms with Crippen LogP contribution in [0.25, 0.3) is 0 Å². The molecule has 1 aromatic rings. The van der Waals surface area contributed by atoms with Gasteiger partial charge in [-0.15, -0.1) is 0 Å². The Hall–Kier alpha value is -2.12. The Morgan fingerprint density at radius 2 is 1.42 bits per heavy atom. The minimum absolute atomic E-state index is 0.149. The third kappa shape index (κ3) is 6.70. The van der Waals surface area contributed by atoms with Gasteiger partial charge in [0.05, 0.1) is 13.7 Å². The molecule has 0 bridgehead atoms. The summed E-state index contributed by atoms with van der Waals surface area (Å²) in [5.41, 5.74) is 1.27. The number of piperidine rings is 1. The molecular weight excluding hydrogens is 416 g/mol. The first-order chi connectivity index (χ1) is 16.1. The molecule has 0 aliphatic carbocycles. The van der Waals surface area contributed by atoms with Crippen molar-refractivity contribution in [2.75, 3.05) is 66.0 Å². The molecule has 2 amide bonds. The number of hydrogen-bond acceptors (Lipinski definition) is 5. The first-order valence-corrected chi connectivity index (χ1v) is 12.8. The largest absolute Gasteiger partial charge is 0.497 e. The summed E-state index contributed by atoms with van der Waals surface area (Å²) in [5.74, 6) is 1.62. The molecule has 7 nitrogen and oxygen atoms in total. The fourth-order valence-corrected chi connectivity index (χ4v) is 5.32. The lowest BCUT2D eigenvalue weighted by atomic mass is 9.95. The normalized spacial score (nSPS) is 21.6. The van der Waals surface area contributed by atoms with Gasteiger partial charge in [-0.3, -0.25) is 19.4 Å². The van der Waals surface area contributed by atoms with Crippen molar-refractivity contribution in [3.63, 3.8) is 0 Å². The van der Waals surface area contributed by atoms with E-state index in [4.69, 9.17) is 4.74 Å². The van der Waals surface area contributed by atoms with Crippen molar-refractivity contribution in [1.29, 1.82) is 0 Å². The molecule has 0 unspecified atom stereocenters. The van der Waals surface area contributed by atoms with Crippen LogP contribution < -0.4 is 4.74 Å². The number of nitrogens with zero attached hydrogens (tertiary/aromatic N) is 4. The predicted octanol–water partition coefficient (Wildman–Crippen LogP) is 2.45. The highest BCUT2D eigenvalue weighted by Gasteiger charge is 2.30. The summed E-state index contributed by atoms with van der Waals surface area (Å²) in [6.07, 6.45) is 6.57. The van der Waals surface area contributed by atoms with Crippen LogP contribution in [0.1, 0.15) is 44.1 Å². The molecule has 0 spiro atoms. The van der Waals surface area contributed by atoms with E-state index >= 15 is 0 Å². The predicted molar refractivity (Wildman–Crippen MR) is 129 cm³/mol. The van der Waals surface area contributed by atoms with Crippen LogP contribution in [-0.2, 0) is 16.1 Å².